The van der Waals surface area contributed by atoms with Gasteiger partial charge in [-0.15, -0.1) is 0 Å². The van der Waals surface area contributed by atoms with Crippen LogP contribution < -0.4 is 0 Å². The number of allylic oxidation sites excluding steroid dienone is 1. The molecule has 2 atom stereocenters. The van der Waals surface area contributed by atoms with E-state index in [4.69, 9.17) is 10.1 Å². The SMILES string of the molecule is CCCCCC1C=C(C)C(C(=O)OCc2ccccc2)C(=N)[Se]1. The maximum atomic E-state index is 12.4. The van der Waals surface area contributed by atoms with E-state index in [0.29, 0.717) is 9.43 Å². The van der Waals surface area contributed by atoms with Gasteiger partial charge in [0.1, 0.15) is 0 Å². The normalized spacial score (nSPS) is 21.0. The van der Waals surface area contributed by atoms with Gasteiger partial charge in [0, 0.05) is 0 Å². The number of unbranched alkanes of at least 4 members (excludes halogenated alkanes) is 2. The summed E-state index contributed by atoms with van der Waals surface area (Å²) in [7, 11) is 0. The van der Waals surface area contributed by atoms with Crippen molar-refractivity contribution in [2.24, 2.45) is 5.92 Å². The number of nitrogens with one attached hydrogen (secondary N) is 1. The minimum absolute atomic E-state index is 0.0731. The van der Waals surface area contributed by atoms with E-state index in [1.807, 2.05) is 37.3 Å². The van der Waals surface area contributed by atoms with Gasteiger partial charge in [-0.25, -0.2) is 0 Å². The van der Waals surface area contributed by atoms with Crippen LogP contribution in [0.15, 0.2) is 42.0 Å². The number of hydrogen-bond acceptors (Lipinski definition) is 3. The molecule has 3 nitrogen and oxygen atoms in total. The van der Waals surface area contributed by atoms with Crippen molar-refractivity contribution >= 4 is 25.5 Å². The fraction of sp³-hybridized carbons (Fsp3) is 0.474. The summed E-state index contributed by atoms with van der Waals surface area (Å²) >= 11 is 0.0731. The molecule has 1 heterocycles. The number of ether oxygens (including phenoxy) is 1. The van der Waals surface area contributed by atoms with Gasteiger partial charge >= 0.3 is 145 Å². The van der Waals surface area contributed by atoms with Crippen LogP contribution in [-0.4, -0.2) is 25.5 Å². The van der Waals surface area contributed by atoms with E-state index >= 15 is 0 Å². The molecule has 124 valence electrons. The summed E-state index contributed by atoms with van der Waals surface area (Å²) < 4.78 is 6.00. The van der Waals surface area contributed by atoms with Gasteiger partial charge in [0.2, 0.25) is 0 Å². The molecule has 0 bridgehead atoms. The van der Waals surface area contributed by atoms with E-state index in [-0.39, 0.29) is 27.5 Å². The molecule has 1 N–H and O–H groups in total. The number of esters is 1. The molecule has 0 saturated carbocycles. The van der Waals surface area contributed by atoms with Gasteiger partial charge in [-0.2, -0.15) is 0 Å². The van der Waals surface area contributed by atoms with E-state index in [1.165, 1.54) is 19.3 Å². The molecule has 1 aromatic rings. The topological polar surface area (TPSA) is 50.2 Å². The Morgan fingerprint density at radius 3 is 2.65 bits per heavy atom. The number of carbonyl (C=O) groups excluding carboxylic acids is 1. The third-order valence-electron chi connectivity index (χ3n) is 4.00. The van der Waals surface area contributed by atoms with Gasteiger partial charge in [-0.3, -0.25) is 0 Å². The molecule has 0 aromatic heterocycles. The molecule has 0 aliphatic carbocycles. The first-order valence-corrected chi connectivity index (χ1v) is 10.1. The molecule has 23 heavy (non-hydrogen) atoms. The van der Waals surface area contributed by atoms with Gasteiger partial charge in [0.15, 0.2) is 0 Å². The van der Waals surface area contributed by atoms with Gasteiger partial charge < -0.3 is 0 Å². The molecule has 0 fully saturated rings. The standard InChI is InChI=1S/C19H25NO2Se/c1-3-4-6-11-16-12-14(2)17(18(20)23-16)19(21)22-13-15-9-7-5-8-10-15/h5,7-10,12,16-17,20H,3-4,6,11,13H2,1-2H3. The molecule has 0 amide bonds. The predicted molar refractivity (Wildman–Crippen MR) is 94.9 cm³/mol. The Morgan fingerprint density at radius 2 is 2.00 bits per heavy atom. The van der Waals surface area contributed by atoms with Crippen LogP contribution in [-0.2, 0) is 16.1 Å². The number of benzene rings is 1. The van der Waals surface area contributed by atoms with Gasteiger partial charge in [-0.1, -0.05) is 0 Å². The van der Waals surface area contributed by atoms with E-state index in [1.54, 1.807) is 0 Å². The molecule has 0 radical (unpaired) electrons. The summed E-state index contributed by atoms with van der Waals surface area (Å²) in [6.45, 7) is 4.45. The zero-order valence-electron chi connectivity index (χ0n) is 13.9. The van der Waals surface area contributed by atoms with Crippen molar-refractivity contribution in [3.8, 4) is 0 Å². The van der Waals surface area contributed by atoms with Gasteiger partial charge in [0.05, 0.1) is 0 Å². The second-order valence-corrected chi connectivity index (χ2v) is 8.64. The Labute approximate surface area is 145 Å². The van der Waals surface area contributed by atoms with Crippen molar-refractivity contribution in [3.63, 3.8) is 0 Å². The van der Waals surface area contributed by atoms with Crippen molar-refractivity contribution in [2.45, 2.75) is 51.0 Å². The van der Waals surface area contributed by atoms with Crippen LogP contribution in [0.1, 0.15) is 45.1 Å². The zero-order chi connectivity index (χ0) is 16.7. The van der Waals surface area contributed by atoms with E-state index in [0.717, 1.165) is 17.6 Å². The van der Waals surface area contributed by atoms with Crippen molar-refractivity contribution in [1.29, 1.82) is 5.41 Å². The number of rotatable bonds is 7. The first kappa shape index (κ1) is 18.0. The van der Waals surface area contributed by atoms with Crippen molar-refractivity contribution < 1.29 is 9.53 Å². The van der Waals surface area contributed by atoms with Crippen LogP contribution in [0, 0.1) is 11.3 Å². The van der Waals surface area contributed by atoms with E-state index < -0.39 is 5.92 Å². The quantitative estimate of drug-likeness (QED) is 0.332. The van der Waals surface area contributed by atoms with E-state index in [2.05, 4.69) is 13.0 Å². The van der Waals surface area contributed by atoms with Crippen molar-refractivity contribution in [1.82, 2.24) is 0 Å². The zero-order valence-corrected chi connectivity index (χ0v) is 15.6. The molecule has 2 unspecified atom stereocenters. The van der Waals surface area contributed by atoms with Gasteiger partial charge in [-0.05, 0) is 0 Å². The Morgan fingerprint density at radius 1 is 1.26 bits per heavy atom. The summed E-state index contributed by atoms with van der Waals surface area (Å²) in [5.74, 6) is -0.734. The fourth-order valence-corrected chi connectivity index (χ4v) is 5.46. The maximum absolute atomic E-state index is 12.4. The molecule has 0 saturated heterocycles. The molecule has 4 heteroatoms. The minimum atomic E-state index is -0.457. The first-order valence-electron chi connectivity index (χ1n) is 8.25. The van der Waals surface area contributed by atoms with Gasteiger partial charge in [0.25, 0.3) is 0 Å². The third-order valence-corrected chi connectivity index (χ3v) is 6.44. The molecule has 2 rings (SSSR count). The average Bonchev–Trinajstić information content (AvgIpc) is 2.53. The van der Waals surface area contributed by atoms with Crippen LogP contribution in [0.5, 0.6) is 0 Å². The molecule has 0 spiro atoms. The van der Waals surface area contributed by atoms with Crippen molar-refractivity contribution in [2.75, 3.05) is 0 Å². The molecule has 1 aliphatic rings. The van der Waals surface area contributed by atoms with Crippen LogP contribution in [0.4, 0.5) is 0 Å². The Hall–Kier alpha value is -1.38. The van der Waals surface area contributed by atoms with E-state index in [9.17, 15) is 4.79 Å². The average molecular weight is 378 g/mol. The summed E-state index contributed by atoms with van der Waals surface area (Å²) in [5.41, 5.74) is 1.97. The summed E-state index contributed by atoms with van der Waals surface area (Å²) in [6, 6.07) is 9.68. The van der Waals surface area contributed by atoms with Crippen LogP contribution >= 0.6 is 0 Å². The second kappa shape index (κ2) is 9.05. The Kier molecular flexibility index (Phi) is 7.07. The third kappa shape index (κ3) is 5.33. The molecular weight excluding hydrogens is 353 g/mol. The first-order chi connectivity index (χ1) is 11.1. The monoisotopic (exact) mass is 379 g/mol. The van der Waals surface area contributed by atoms with Crippen molar-refractivity contribution in [3.05, 3.63) is 47.5 Å². The molecular formula is C19H25NO2Se. The van der Waals surface area contributed by atoms with Crippen LogP contribution in [0.25, 0.3) is 0 Å². The fourth-order valence-electron chi connectivity index (χ4n) is 2.70. The van der Waals surface area contributed by atoms with Crippen LogP contribution in [0.2, 0.25) is 4.82 Å². The number of hydrogen-bond donors (Lipinski definition) is 1. The number of carbonyl (C=O) groups is 1. The molecule has 1 aliphatic heterocycles. The van der Waals surface area contributed by atoms with Crippen LogP contribution in [0.3, 0.4) is 0 Å². The Balaban J connectivity index is 1.92. The Bertz CT molecular complexity index is 568. The summed E-state index contributed by atoms with van der Waals surface area (Å²) in [4.78, 5) is 12.8. The second-order valence-electron chi connectivity index (χ2n) is 5.95. The summed E-state index contributed by atoms with van der Waals surface area (Å²) in [5, 5.41) is 8.29. The molecule has 1 aromatic carbocycles. The predicted octanol–water partition coefficient (Wildman–Crippen LogP) is 4.36. The summed E-state index contributed by atoms with van der Waals surface area (Å²) in [6.07, 6.45) is 7.02.